The van der Waals surface area contributed by atoms with E-state index in [0.717, 1.165) is 34.5 Å². The lowest BCUT2D eigenvalue weighted by atomic mass is 10.0. The predicted molar refractivity (Wildman–Crippen MR) is 157 cm³/mol. The van der Waals surface area contributed by atoms with Crippen LogP contribution in [-0.4, -0.2) is 38.5 Å². The van der Waals surface area contributed by atoms with Crippen molar-refractivity contribution in [3.05, 3.63) is 107 Å². The van der Waals surface area contributed by atoms with Crippen molar-refractivity contribution in [2.75, 3.05) is 11.9 Å². The number of para-hydroxylation sites is 1. The van der Waals surface area contributed by atoms with Crippen molar-refractivity contribution in [2.45, 2.75) is 38.8 Å². The van der Waals surface area contributed by atoms with Crippen LogP contribution in [0.5, 0.6) is 0 Å². The average Bonchev–Trinajstić information content (AvgIpc) is 3.56. The van der Waals surface area contributed by atoms with Crippen LogP contribution < -0.4 is 10.6 Å². The van der Waals surface area contributed by atoms with Gasteiger partial charge in [0, 0.05) is 30.4 Å². The highest BCUT2D eigenvalue weighted by molar-refractivity contribution is 7.80. The molecule has 1 aliphatic heterocycles. The number of carbonyl (C=O) groups is 2. The minimum absolute atomic E-state index is 0.0991. The molecular weight excluding hydrogens is 524 g/mol. The van der Waals surface area contributed by atoms with Gasteiger partial charge in [-0.05, 0) is 79.2 Å². The van der Waals surface area contributed by atoms with Gasteiger partial charge < -0.3 is 25.1 Å². The van der Waals surface area contributed by atoms with Gasteiger partial charge in [0.1, 0.15) is 17.6 Å². The number of nitrogens with zero attached hydrogens (tertiary/aromatic N) is 2. The average molecular weight is 555 g/mol. The number of carboxylic acid groups (broad SMARTS) is 1. The number of benzene rings is 2. The summed E-state index contributed by atoms with van der Waals surface area (Å²) in [5.41, 5.74) is 4.53. The number of hydrogen-bond acceptors (Lipinski definition) is 5. The maximum absolute atomic E-state index is 13.0. The number of furan rings is 1. The Balaban J connectivity index is 1.41. The number of carboxylic acids is 1. The monoisotopic (exact) mass is 554 g/mol. The summed E-state index contributed by atoms with van der Waals surface area (Å²) in [5, 5.41) is 16.3. The molecule has 8 nitrogen and oxygen atoms in total. The molecular formula is C31H30N4O4S. The first-order chi connectivity index (χ1) is 19.4. The van der Waals surface area contributed by atoms with E-state index in [1.165, 1.54) is 0 Å². The molecule has 0 aliphatic carbocycles. The molecule has 9 heteroatoms. The number of hydrogen-bond donors (Lipinski definition) is 3. The second-order valence-corrected chi connectivity index (χ2v) is 10.1. The fraction of sp³-hybridized carbons (Fsp3) is 0.226. The molecule has 0 bridgehead atoms. The number of aromatic carboxylic acids is 1. The lowest BCUT2D eigenvalue weighted by Crippen LogP contribution is -2.32. The largest absolute Gasteiger partial charge is 0.478 e. The number of aromatic nitrogens is 1. The molecule has 1 amide bonds. The number of carbonyl (C=O) groups excluding carboxylic acids is 1. The first-order valence-electron chi connectivity index (χ1n) is 13.2. The van der Waals surface area contributed by atoms with Gasteiger partial charge in [-0.1, -0.05) is 37.3 Å². The van der Waals surface area contributed by atoms with Crippen molar-refractivity contribution in [3.63, 3.8) is 0 Å². The van der Waals surface area contributed by atoms with Crippen LogP contribution in [0.2, 0.25) is 0 Å². The van der Waals surface area contributed by atoms with E-state index in [0.29, 0.717) is 23.2 Å². The summed E-state index contributed by atoms with van der Waals surface area (Å²) in [5.74, 6) is 0.210. The summed E-state index contributed by atoms with van der Waals surface area (Å²) < 4.78 is 6.38. The van der Waals surface area contributed by atoms with Gasteiger partial charge in [-0.15, -0.1) is 0 Å². The standard InChI is InChI=1S/C31H30N4O4S/c1-3-20-8-4-5-9-23(20)33-27(36)15-17-35-29(28(34-31(35)40)24-10-6-7-16-32-24)26-14-13-25(39-26)22-12-11-21(30(37)38)18-19(22)2/h4-14,16,18,28-29H,3,15,17H2,1-2H3,(H,33,36)(H,34,40)(H,37,38)/t28-,29+/m0/s1. The van der Waals surface area contributed by atoms with Crippen molar-refractivity contribution < 1.29 is 19.1 Å². The van der Waals surface area contributed by atoms with Crippen LogP contribution in [0.1, 0.15) is 58.4 Å². The van der Waals surface area contributed by atoms with Gasteiger partial charge in [0.15, 0.2) is 5.11 Å². The van der Waals surface area contributed by atoms with E-state index in [4.69, 9.17) is 16.6 Å². The summed E-state index contributed by atoms with van der Waals surface area (Å²) in [6.07, 6.45) is 2.79. The number of amides is 1. The second kappa shape index (κ2) is 11.7. The van der Waals surface area contributed by atoms with Crippen LogP contribution >= 0.6 is 12.2 Å². The zero-order chi connectivity index (χ0) is 28.2. The van der Waals surface area contributed by atoms with Gasteiger partial charge >= 0.3 is 5.97 Å². The van der Waals surface area contributed by atoms with Crippen molar-refractivity contribution in [1.29, 1.82) is 0 Å². The number of aryl methyl sites for hydroxylation is 2. The Labute approximate surface area is 238 Å². The van der Waals surface area contributed by atoms with Crippen LogP contribution in [-0.2, 0) is 11.2 Å². The van der Waals surface area contributed by atoms with E-state index in [1.54, 1.807) is 24.4 Å². The van der Waals surface area contributed by atoms with Gasteiger partial charge in [-0.3, -0.25) is 9.78 Å². The zero-order valence-corrected chi connectivity index (χ0v) is 23.1. The van der Waals surface area contributed by atoms with Crippen LogP contribution in [0.3, 0.4) is 0 Å². The predicted octanol–water partition coefficient (Wildman–Crippen LogP) is 5.91. The molecule has 1 saturated heterocycles. The van der Waals surface area contributed by atoms with Crippen LogP contribution in [0, 0.1) is 6.92 Å². The molecule has 5 rings (SSSR count). The lowest BCUT2D eigenvalue weighted by molar-refractivity contribution is -0.116. The van der Waals surface area contributed by atoms with Crippen LogP contribution in [0.4, 0.5) is 5.69 Å². The van der Waals surface area contributed by atoms with Crippen molar-refractivity contribution in [3.8, 4) is 11.3 Å². The molecule has 4 aromatic rings. The van der Waals surface area contributed by atoms with E-state index in [9.17, 15) is 14.7 Å². The summed E-state index contributed by atoms with van der Waals surface area (Å²) in [6, 6.07) is 21.6. The first-order valence-corrected chi connectivity index (χ1v) is 13.6. The van der Waals surface area contributed by atoms with Gasteiger partial charge in [-0.25, -0.2) is 4.79 Å². The Bertz CT molecular complexity index is 1550. The minimum Gasteiger partial charge on any atom is -0.478 e. The summed E-state index contributed by atoms with van der Waals surface area (Å²) >= 11 is 5.73. The molecule has 0 unspecified atom stereocenters. The van der Waals surface area contributed by atoms with Gasteiger partial charge in [0.2, 0.25) is 5.91 Å². The van der Waals surface area contributed by atoms with Gasteiger partial charge in [-0.2, -0.15) is 0 Å². The number of anilines is 1. The van der Waals surface area contributed by atoms with Crippen LogP contribution in [0.25, 0.3) is 11.3 Å². The lowest BCUT2D eigenvalue weighted by Gasteiger charge is -2.26. The first kappa shape index (κ1) is 27.1. The smallest absolute Gasteiger partial charge is 0.335 e. The number of nitrogens with one attached hydrogen (secondary N) is 2. The molecule has 1 fully saturated rings. The Morgan fingerprint density at radius 1 is 1.10 bits per heavy atom. The molecule has 0 saturated carbocycles. The third kappa shape index (κ3) is 5.60. The Morgan fingerprint density at radius 2 is 1.90 bits per heavy atom. The molecule has 3 N–H and O–H groups in total. The van der Waals surface area contributed by atoms with Gasteiger partial charge in [0.05, 0.1) is 17.3 Å². The second-order valence-electron chi connectivity index (χ2n) is 9.67. The maximum atomic E-state index is 13.0. The molecule has 40 heavy (non-hydrogen) atoms. The van der Waals surface area contributed by atoms with Crippen molar-refractivity contribution in [2.24, 2.45) is 0 Å². The van der Waals surface area contributed by atoms with E-state index >= 15 is 0 Å². The SMILES string of the molecule is CCc1ccccc1NC(=O)CCN1C(=S)N[C@@H](c2ccccn2)[C@H]1c1ccc(-c2ccc(C(=O)O)cc2C)o1. The highest BCUT2D eigenvalue weighted by atomic mass is 32.1. The fourth-order valence-electron chi connectivity index (χ4n) is 5.07. The summed E-state index contributed by atoms with van der Waals surface area (Å²) in [7, 11) is 0. The molecule has 2 aromatic carbocycles. The van der Waals surface area contributed by atoms with Crippen molar-refractivity contribution in [1.82, 2.24) is 15.2 Å². The quantitative estimate of drug-likeness (QED) is 0.219. The molecule has 2 atom stereocenters. The number of pyridine rings is 1. The number of rotatable bonds is 9. The highest BCUT2D eigenvalue weighted by Gasteiger charge is 2.41. The number of thiocarbonyl (C=S) groups is 1. The normalized spacial score (nSPS) is 16.6. The topological polar surface area (TPSA) is 108 Å². The Morgan fingerprint density at radius 3 is 2.62 bits per heavy atom. The third-order valence-corrected chi connectivity index (χ3v) is 7.46. The Hall–Kier alpha value is -4.50. The highest BCUT2D eigenvalue weighted by Crippen LogP contribution is 2.41. The fourth-order valence-corrected chi connectivity index (χ4v) is 5.40. The molecule has 2 aromatic heterocycles. The minimum atomic E-state index is -0.976. The molecule has 0 radical (unpaired) electrons. The van der Waals surface area contributed by atoms with E-state index in [2.05, 4.69) is 22.5 Å². The molecule has 0 spiro atoms. The van der Waals surface area contributed by atoms with Gasteiger partial charge in [0.25, 0.3) is 0 Å². The van der Waals surface area contributed by atoms with Crippen LogP contribution in [0.15, 0.2) is 83.4 Å². The van der Waals surface area contributed by atoms with E-state index < -0.39 is 5.97 Å². The molecule has 204 valence electrons. The van der Waals surface area contributed by atoms with Crippen molar-refractivity contribution >= 4 is 34.9 Å². The third-order valence-electron chi connectivity index (χ3n) is 7.11. The van der Waals surface area contributed by atoms with E-state index in [-0.39, 0.29) is 30.0 Å². The van der Waals surface area contributed by atoms with E-state index in [1.807, 2.05) is 66.4 Å². The molecule has 3 heterocycles. The zero-order valence-electron chi connectivity index (χ0n) is 22.3. The summed E-state index contributed by atoms with van der Waals surface area (Å²) in [4.78, 5) is 30.9. The molecule has 1 aliphatic rings. The summed E-state index contributed by atoms with van der Waals surface area (Å²) in [6.45, 7) is 4.29. The maximum Gasteiger partial charge on any atom is 0.335 e. The Kier molecular flexibility index (Phi) is 7.93.